The van der Waals surface area contributed by atoms with Gasteiger partial charge in [-0.3, -0.25) is 14.9 Å². The van der Waals surface area contributed by atoms with E-state index in [-0.39, 0.29) is 16.3 Å². The molecule has 2 aliphatic heterocycles. The van der Waals surface area contributed by atoms with Gasteiger partial charge in [0.1, 0.15) is 17.3 Å². The van der Waals surface area contributed by atoms with Crippen LogP contribution in [0.25, 0.3) is 0 Å². The lowest BCUT2D eigenvalue weighted by molar-refractivity contribution is -0.192. The van der Waals surface area contributed by atoms with Crippen molar-refractivity contribution < 1.29 is 42.2 Å². The van der Waals surface area contributed by atoms with Crippen molar-refractivity contribution in [2.45, 2.75) is 56.8 Å². The molecule has 4 atom stereocenters. The summed E-state index contributed by atoms with van der Waals surface area (Å²) < 4.78 is 45.6. The van der Waals surface area contributed by atoms with Crippen molar-refractivity contribution in [3.05, 3.63) is 63.4 Å². The number of aliphatic carboxylic acids is 2. The van der Waals surface area contributed by atoms with Crippen LogP contribution in [0.5, 0.6) is 0 Å². The predicted molar refractivity (Wildman–Crippen MR) is 132 cm³/mol. The first-order valence-corrected chi connectivity index (χ1v) is 12.0. The van der Waals surface area contributed by atoms with Crippen LogP contribution in [-0.4, -0.2) is 46.3 Å². The number of carboxylic acid groups (broad SMARTS) is 2. The Balaban J connectivity index is 0.000000505. The molecule has 0 saturated carbocycles. The number of fused-ring (bicyclic) bond motifs is 2. The lowest BCUT2D eigenvalue weighted by Crippen LogP contribution is -2.49. The zero-order chi connectivity index (χ0) is 28.8. The molecule has 7 nitrogen and oxygen atoms in total. The first-order chi connectivity index (χ1) is 17.4. The van der Waals surface area contributed by atoms with Crippen LogP contribution in [0.1, 0.15) is 44.2 Å². The van der Waals surface area contributed by atoms with Gasteiger partial charge in [-0.05, 0) is 47.2 Å². The number of rotatable bonds is 3. The van der Waals surface area contributed by atoms with Crippen molar-refractivity contribution in [2.75, 3.05) is 5.32 Å². The van der Waals surface area contributed by atoms with Gasteiger partial charge >= 0.3 is 18.1 Å². The van der Waals surface area contributed by atoms with E-state index in [1.807, 2.05) is 20.8 Å². The zero-order valence-electron chi connectivity index (χ0n) is 20.3. The van der Waals surface area contributed by atoms with E-state index < -0.39 is 47.3 Å². The average Bonchev–Trinajstić information content (AvgIpc) is 3.24. The lowest BCUT2D eigenvalue weighted by Gasteiger charge is -2.37. The van der Waals surface area contributed by atoms with Crippen LogP contribution in [0.15, 0.2) is 36.4 Å². The van der Waals surface area contributed by atoms with Crippen LogP contribution in [0.4, 0.5) is 23.2 Å². The lowest BCUT2D eigenvalue weighted by atomic mass is 9.62. The highest BCUT2D eigenvalue weighted by Gasteiger charge is 2.65. The molecule has 0 bridgehead atoms. The van der Waals surface area contributed by atoms with Gasteiger partial charge in [-0.1, -0.05) is 56.1 Å². The van der Waals surface area contributed by atoms with Gasteiger partial charge < -0.3 is 15.5 Å². The number of anilines is 1. The highest BCUT2D eigenvalue weighted by atomic mass is 35.5. The first kappa shape index (κ1) is 29.7. The molecule has 38 heavy (non-hydrogen) atoms. The average molecular weight is 579 g/mol. The van der Waals surface area contributed by atoms with E-state index in [2.05, 4.69) is 10.6 Å². The van der Waals surface area contributed by atoms with E-state index in [4.69, 9.17) is 33.1 Å². The van der Waals surface area contributed by atoms with Gasteiger partial charge in [0.15, 0.2) is 0 Å². The normalized spacial score (nSPS) is 24.4. The highest BCUT2D eigenvalue weighted by Crippen LogP contribution is 2.56. The second-order valence-electron chi connectivity index (χ2n) is 10.3. The Bertz CT molecular complexity index is 1280. The Morgan fingerprint density at radius 3 is 2.16 bits per heavy atom. The summed E-state index contributed by atoms with van der Waals surface area (Å²) in [6.07, 6.45) is -4.54. The van der Waals surface area contributed by atoms with Crippen LogP contribution < -0.4 is 10.6 Å². The monoisotopic (exact) mass is 578 g/mol. The Morgan fingerprint density at radius 1 is 1.05 bits per heavy atom. The van der Waals surface area contributed by atoms with Gasteiger partial charge in [-0.15, -0.1) is 0 Å². The van der Waals surface area contributed by atoms with E-state index in [0.717, 1.165) is 0 Å². The van der Waals surface area contributed by atoms with Crippen LogP contribution in [0, 0.1) is 11.2 Å². The molecule has 0 aromatic heterocycles. The van der Waals surface area contributed by atoms with Crippen LogP contribution in [0.3, 0.4) is 0 Å². The van der Waals surface area contributed by atoms with Crippen molar-refractivity contribution in [2.24, 2.45) is 5.41 Å². The third kappa shape index (κ3) is 5.60. The number of hydrogen-bond donors (Lipinski definition) is 4. The van der Waals surface area contributed by atoms with E-state index in [0.29, 0.717) is 28.3 Å². The summed E-state index contributed by atoms with van der Waals surface area (Å²) in [6, 6.07) is 7.71. The minimum atomic E-state index is -5.08. The van der Waals surface area contributed by atoms with E-state index in [9.17, 15) is 32.3 Å². The van der Waals surface area contributed by atoms with Gasteiger partial charge in [-0.25, -0.2) is 9.18 Å². The predicted octanol–water partition coefficient (Wildman–Crippen LogP) is 5.60. The van der Waals surface area contributed by atoms with Crippen molar-refractivity contribution in [1.82, 2.24) is 5.32 Å². The molecule has 4 rings (SSSR count). The summed E-state index contributed by atoms with van der Waals surface area (Å²) >= 11 is 12.2. The fourth-order valence-electron chi connectivity index (χ4n) is 5.11. The number of benzene rings is 2. The highest BCUT2D eigenvalue weighted by molar-refractivity contribution is 6.31. The minimum Gasteiger partial charge on any atom is -0.480 e. The molecule has 1 amide bonds. The molecular formula is C25H24Cl2F4N2O5. The van der Waals surface area contributed by atoms with Gasteiger partial charge in [0.05, 0.1) is 5.02 Å². The number of carbonyl (C=O) groups excluding carboxylic acids is 1. The molecule has 2 aliphatic rings. The van der Waals surface area contributed by atoms with Gasteiger partial charge in [0, 0.05) is 22.7 Å². The fourth-order valence-corrected chi connectivity index (χ4v) is 5.48. The maximum Gasteiger partial charge on any atom is 0.490 e. The summed E-state index contributed by atoms with van der Waals surface area (Å²) in [6.45, 7) is 6.11. The van der Waals surface area contributed by atoms with E-state index in [1.54, 1.807) is 18.2 Å². The van der Waals surface area contributed by atoms with Crippen LogP contribution >= 0.6 is 23.2 Å². The Morgan fingerprint density at radius 2 is 1.66 bits per heavy atom. The zero-order valence-corrected chi connectivity index (χ0v) is 21.8. The molecule has 2 aromatic carbocycles. The minimum absolute atomic E-state index is 0.120. The smallest absolute Gasteiger partial charge is 0.480 e. The summed E-state index contributed by atoms with van der Waals surface area (Å²) in [5.41, 5.74) is 0.302. The summed E-state index contributed by atoms with van der Waals surface area (Å²) in [7, 11) is 0. The molecule has 206 valence electrons. The van der Waals surface area contributed by atoms with E-state index >= 15 is 0 Å². The number of halogens is 6. The molecule has 1 saturated heterocycles. The maximum atomic E-state index is 13.9. The largest absolute Gasteiger partial charge is 0.490 e. The first-order valence-electron chi connectivity index (χ1n) is 11.2. The van der Waals surface area contributed by atoms with Gasteiger partial charge in [0.25, 0.3) is 0 Å². The summed E-state index contributed by atoms with van der Waals surface area (Å²) in [5.74, 6) is -5.56. The molecule has 4 N–H and O–H groups in total. The summed E-state index contributed by atoms with van der Waals surface area (Å²) in [5, 5.41) is 23.7. The molecule has 2 heterocycles. The number of nitrogens with one attached hydrogen (secondary N) is 2. The number of carbonyl (C=O) groups is 3. The maximum absolute atomic E-state index is 13.9. The number of amides is 1. The molecule has 1 fully saturated rings. The standard InChI is InChI=1S/C23H23Cl2FN2O3.C2HF3O2/c1-22(2,3)10-17-23(13-6-5-12(24)9-16(13)27-21(23)31)18(19(28-17)20(29)30)11-4-7-15(26)14(25)8-11;3-2(4,5)1(6)7/h4-9,17-19,28H,10H2,1-3H3,(H,27,31)(H,29,30);(H,6,7)/t17-,18-,19+,23?;/m0./s1. The topological polar surface area (TPSA) is 116 Å². The molecule has 0 aliphatic carbocycles. The Hall–Kier alpha value is -2.89. The molecule has 13 heteroatoms. The number of hydrogen-bond acceptors (Lipinski definition) is 4. The molecule has 1 spiro atoms. The SMILES string of the molecule is CC(C)(C)C[C@@H]1N[C@@H](C(=O)O)[C@H](c2ccc(F)c(Cl)c2)C12C(=O)Nc1cc(Cl)ccc12.O=C(O)C(F)(F)F. The van der Waals surface area contributed by atoms with Gasteiger partial charge in [-0.2, -0.15) is 13.2 Å². The molecule has 1 unspecified atom stereocenters. The second kappa shape index (κ2) is 10.3. The van der Waals surface area contributed by atoms with Crippen molar-refractivity contribution in [3.8, 4) is 0 Å². The Labute approximate surface area is 225 Å². The van der Waals surface area contributed by atoms with Crippen molar-refractivity contribution >= 4 is 46.7 Å². The third-order valence-corrected chi connectivity index (χ3v) is 6.96. The molecule has 0 radical (unpaired) electrons. The quantitative estimate of drug-likeness (QED) is 0.352. The van der Waals surface area contributed by atoms with E-state index in [1.165, 1.54) is 18.2 Å². The second-order valence-corrected chi connectivity index (χ2v) is 11.1. The molecule has 2 aromatic rings. The number of alkyl halides is 3. The third-order valence-electron chi connectivity index (χ3n) is 6.43. The summed E-state index contributed by atoms with van der Waals surface area (Å²) in [4.78, 5) is 34.9. The fraction of sp³-hybridized carbons (Fsp3) is 0.400. The van der Waals surface area contributed by atoms with Crippen molar-refractivity contribution in [1.29, 1.82) is 0 Å². The van der Waals surface area contributed by atoms with Crippen molar-refractivity contribution in [3.63, 3.8) is 0 Å². The van der Waals surface area contributed by atoms with Crippen LogP contribution in [-0.2, 0) is 19.8 Å². The Kier molecular flexibility index (Phi) is 8.08. The number of carboxylic acids is 2. The molecular weight excluding hydrogens is 555 g/mol. The van der Waals surface area contributed by atoms with Gasteiger partial charge in [0.2, 0.25) is 5.91 Å². The van der Waals surface area contributed by atoms with Crippen LogP contribution in [0.2, 0.25) is 10.0 Å².